The van der Waals surface area contributed by atoms with Crippen molar-refractivity contribution in [2.24, 2.45) is 0 Å². The van der Waals surface area contributed by atoms with Gasteiger partial charge in [0.15, 0.2) is 0 Å². The maximum atomic E-state index is 11.9. The van der Waals surface area contributed by atoms with E-state index >= 15 is 0 Å². The van der Waals surface area contributed by atoms with Gasteiger partial charge in [0.05, 0.1) is 20.3 Å². The summed E-state index contributed by atoms with van der Waals surface area (Å²) in [5.74, 6) is -0.170. The van der Waals surface area contributed by atoms with Gasteiger partial charge in [-0.15, -0.1) is 0 Å². The highest BCUT2D eigenvalue weighted by molar-refractivity contribution is 5.80. The first-order valence-corrected chi connectivity index (χ1v) is 6.30. The van der Waals surface area contributed by atoms with Crippen molar-refractivity contribution in [2.75, 3.05) is 40.0 Å². The molecule has 1 saturated heterocycles. The second kappa shape index (κ2) is 5.33. The molecule has 5 nitrogen and oxygen atoms in total. The van der Waals surface area contributed by atoms with E-state index in [0.717, 1.165) is 39.1 Å². The third-order valence-electron chi connectivity index (χ3n) is 3.38. The number of hydrogen-bond donors (Lipinski definition) is 1. The van der Waals surface area contributed by atoms with Gasteiger partial charge in [0, 0.05) is 25.7 Å². The molecule has 2 fully saturated rings. The average molecular weight is 242 g/mol. The molecule has 0 radical (unpaired) electrons. The summed E-state index contributed by atoms with van der Waals surface area (Å²) in [6.45, 7) is 5.91. The number of morpholine rings is 1. The summed E-state index contributed by atoms with van der Waals surface area (Å²) in [6.07, 6.45) is 2.32. The summed E-state index contributed by atoms with van der Waals surface area (Å²) in [4.78, 5) is 14.2. The SMILES string of the molecule is COC(=O)C(C)(CN1CCOCC1)NC1CC1. The Hall–Kier alpha value is -0.650. The Morgan fingerprint density at radius 2 is 2.12 bits per heavy atom. The molecular formula is C12H22N2O3. The van der Waals surface area contributed by atoms with Gasteiger partial charge in [-0.3, -0.25) is 15.0 Å². The fourth-order valence-corrected chi connectivity index (χ4v) is 2.28. The van der Waals surface area contributed by atoms with Crippen LogP contribution < -0.4 is 5.32 Å². The van der Waals surface area contributed by atoms with Crippen LogP contribution in [0.4, 0.5) is 0 Å². The topological polar surface area (TPSA) is 50.8 Å². The Bertz CT molecular complexity index is 275. The van der Waals surface area contributed by atoms with Crippen LogP contribution in [0.5, 0.6) is 0 Å². The number of methoxy groups -OCH3 is 1. The molecule has 5 heteroatoms. The fourth-order valence-electron chi connectivity index (χ4n) is 2.28. The maximum Gasteiger partial charge on any atom is 0.327 e. The number of carbonyl (C=O) groups is 1. The van der Waals surface area contributed by atoms with Crippen LogP contribution >= 0.6 is 0 Å². The van der Waals surface area contributed by atoms with Crippen molar-refractivity contribution in [2.45, 2.75) is 31.3 Å². The normalized spacial score (nSPS) is 25.3. The molecule has 0 spiro atoms. The van der Waals surface area contributed by atoms with Crippen LogP contribution in [0.3, 0.4) is 0 Å². The minimum absolute atomic E-state index is 0.170. The van der Waals surface area contributed by atoms with Crippen LogP contribution in [0.2, 0.25) is 0 Å². The molecule has 1 saturated carbocycles. The number of nitrogens with one attached hydrogen (secondary N) is 1. The zero-order valence-electron chi connectivity index (χ0n) is 10.7. The van der Waals surface area contributed by atoms with Gasteiger partial charge in [0.2, 0.25) is 0 Å². The van der Waals surface area contributed by atoms with E-state index < -0.39 is 5.54 Å². The first kappa shape index (κ1) is 12.8. The Morgan fingerprint density at radius 3 is 2.65 bits per heavy atom. The molecule has 1 N–H and O–H groups in total. The van der Waals surface area contributed by atoms with Gasteiger partial charge in [0.25, 0.3) is 0 Å². The molecular weight excluding hydrogens is 220 g/mol. The summed E-state index contributed by atoms with van der Waals surface area (Å²) < 4.78 is 10.2. The molecule has 1 aliphatic carbocycles. The molecule has 1 heterocycles. The van der Waals surface area contributed by atoms with Crippen LogP contribution in [-0.4, -0.2) is 62.4 Å². The van der Waals surface area contributed by atoms with Gasteiger partial charge in [-0.1, -0.05) is 0 Å². The van der Waals surface area contributed by atoms with Crippen LogP contribution in [0, 0.1) is 0 Å². The number of carbonyl (C=O) groups excluding carboxylic acids is 1. The van der Waals surface area contributed by atoms with E-state index in [4.69, 9.17) is 9.47 Å². The molecule has 1 atom stereocenters. The molecule has 0 aromatic rings. The summed E-state index contributed by atoms with van der Waals surface area (Å²) in [5, 5.41) is 3.41. The molecule has 2 aliphatic rings. The second-order valence-corrected chi connectivity index (χ2v) is 5.13. The van der Waals surface area contributed by atoms with E-state index in [1.54, 1.807) is 0 Å². The van der Waals surface area contributed by atoms with E-state index in [9.17, 15) is 4.79 Å². The number of hydrogen-bond acceptors (Lipinski definition) is 5. The molecule has 0 aromatic carbocycles. The van der Waals surface area contributed by atoms with Crippen molar-refractivity contribution in [3.63, 3.8) is 0 Å². The first-order chi connectivity index (χ1) is 8.14. The highest BCUT2D eigenvalue weighted by Crippen LogP contribution is 2.24. The lowest BCUT2D eigenvalue weighted by molar-refractivity contribution is -0.149. The molecule has 0 aromatic heterocycles. The Balaban J connectivity index is 1.95. The van der Waals surface area contributed by atoms with Gasteiger partial charge in [-0.05, 0) is 19.8 Å². The summed E-state index contributed by atoms with van der Waals surface area (Å²) in [6, 6.07) is 0.486. The van der Waals surface area contributed by atoms with E-state index in [1.807, 2.05) is 6.92 Å². The van der Waals surface area contributed by atoms with Crippen molar-refractivity contribution >= 4 is 5.97 Å². The summed E-state index contributed by atoms with van der Waals surface area (Å²) >= 11 is 0. The van der Waals surface area contributed by atoms with Crippen molar-refractivity contribution in [3.8, 4) is 0 Å². The molecule has 98 valence electrons. The predicted octanol–water partition coefficient (Wildman–Crippen LogP) is 0.00230. The molecule has 2 rings (SSSR count). The molecule has 17 heavy (non-hydrogen) atoms. The maximum absolute atomic E-state index is 11.9. The smallest absolute Gasteiger partial charge is 0.327 e. The van der Waals surface area contributed by atoms with Gasteiger partial charge in [-0.2, -0.15) is 0 Å². The Labute approximate surface area is 102 Å². The average Bonchev–Trinajstić information content (AvgIpc) is 3.13. The van der Waals surface area contributed by atoms with Crippen molar-refractivity contribution in [1.29, 1.82) is 0 Å². The molecule has 1 aliphatic heterocycles. The number of esters is 1. The Morgan fingerprint density at radius 1 is 1.47 bits per heavy atom. The lowest BCUT2D eigenvalue weighted by Crippen LogP contribution is -2.59. The third-order valence-corrected chi connectivity index (χ3v) is 3.38. The second-order valence-electron chi connectivity index (χ2n) is 5.13. The number of nitrogens with zero attached hydrogens (tertiary/aromatic N) is 1. The fraction of sp³-hybridized carbons (Fsp3) is 0.917. The summed E-state index contributed by atoms with van der Waals surface area (Å²) in [7, 11) is 1.45. The molecule has 0 bridgehead atoms. The highest BCUT2D eigenvalue weighted by atomic mass is 16.5. The van der Waals surface area contributed by atoms with Crippen molar-refractivity contribution in [1.82, 2.24) is 10.2 Å². The largest absolute Gasteiger partial charge is 0.468 e. The first-order valence-electron chi connectivity index (χ1n) is 6.30. The van der Waals surface area contributed by atoms with Gasteiger partial charge in [-0.25, -0.2) is 0 Å². The molecule has 0 amide bonds. The van der Waals surface area contributed by atoms with Crippen LogP contribution in [0.15, 0.2) is 0 Å². The van der Waals surface area contributed by atoms with Crippen LogP contribution in [-0.2, 0) is 14.3 Å². The van der Waals surface area contributed by atoms with Gasteiger partial charge >= 0.3 is 5.97 Å². The van der Waals surface area contributed by atoms with E-state index in [-0.39, 0.29) is 5.97 Å². The quantitative estimate of drug-likeness (QED) is 0.688. The monoisotopic (exact) mass is 242 g/mol. The predicted molar refractivity (Wildman–Crippen MR) is 63.8 cm³/mol. The minimum Gasteiger partial charge on any atom is -0.468 e. The van der Waals surface area contributed by atoms with Gasteiger partial charge in [0.1, 0.15) is 5.54 Å². The lowest BCUT2D eigenvalue weighted by Gasteiger charge is -2.36. The number of rotatable bonds is 5. The Kier molecular flexibility index (Phi) is 4.01. The van der Waals surface area contributed by atoms with Crippen LogP contribution in [0.1, 0.15) is 19.8 Å². The minimum atomic E-state index is -0.590. The molecule has 1 unspecified atom stereocenters. The lowest BCUT2D eigenvalue weighted by atomic mass is 10.0. The van der Waals surface area contributed by atoms with E-state index in [2.05, 4.69) is 10.2 Å². The van der Waals surface area contributed by atoms with Crippen molar-refractivity contribution in [3.05, 3.63) is 0 Å². The zero-order valence-corrected chi connectivity index (χ0v) is 10.7. The van der Waals surface area contributed by atoms with E-state index in [1.165, 1.54) is 7.11 Å². The zero-order chi connectivity index (χ0) is 12.3. The standard InChI is InChI=1S/C12H22N2O3/c1-12(11(15)16-2,13-10-3-4-10)9-14-5-7-17-8-6-14/h10,13H,3-9H2,1-2H3. The van der Waals surface area contributed by atoms with Crippen LogP contribution in [0.25, 0.3) is 0 Å². The number of ether oxygens (including phenoxy) is 2. The highest BCUT2D eigenvalue weighted by Gasteiger charge is 2.40. The summed E-state index contributed by atoms with van der Waals surface area (Å²) in [5.41, 5.74) is -0.590. The van der Waals surface area contributed by atoms with Gasteiger partial charge < -0.3 is 9.47 Å². The van der Waals surface area contributed by atoms with E-state index in [0.29, 0.717) is 12.6 Å². The van der Waals surface area contributed by atoms with Crippen molar-refractivity contribution < 1.29 is 14.3 Å². The third kappa shape index (κ3) is 3.40.